The number of ketones is 1. The molecule has 1 aliphatic rings. The van der Waals surface area contributed by atoms with Crippen molar-refractivity contribution in [1.82, 2.24) is 9.80 Å². The van der Waals surface area contributed by atoms with Crippen molar-refractivity contribution in [2.24, 2.45) is 0 Å². The smallest absolute Gasteiger partial charge is 0.295 e. The highest BCUT2D eigenvalue weighted by Crippen LogP contribution is 2.40. The van der Waals surface area contributed by atoms with E-state index in [4.69, 9.17) is 21.1 Å². The van der Waals surface area contributed by atoms with Crippen molar-refractivity contribution in [3.63, 3.8) is 0 Å². The van der Waals surface area contributed by atoms with Crippen molar-refractivity contribution < 1.29 is 24.2 Å². The highest BCUT2D eigenvalue weighted by Gasteiger charge is 2.45. The zero-order chi connectivity index (χ0) is 24.8. The fourth-order valence-electron chi connectivity index (χ4n) is 4.22. The summed E-state index contributed by atoms with van der Waals surface area (Å²) in [4.78, 5) is 30.0. The molecule has 34 heavy (non-hydrogen) atoms. The first-order chi connectivity index (χ1) is 16.4. The number of hydrogen-bond acceptors (Lipinski definition) is 6. The Balaban J connectivity index is 2.05. The zero-order valence-corrected chi connectivity index (χ0v) is 20.8. The summed E-state index contributed by atoms with van der Waals surface area (Å²) in [6.45, 7) is 7.20. The predicted molar refractivity (Wildman–Crippen MR) is 132 cm³/mol. The van der Waals surface area contributed by atoms with Crippen molar-refractivity contribution in [3.8, 4) is 11.5 Å². The van der Waals surface area contributed by atoms with Crippen LogP contribution in [0, 0.1) is 0 Å². The molecule has 0 aliphatic carbocycles. The first-order valence-electron chi connectivity index (χ1n) is 11.3. The molecular weight excluding hydrogens is 456 g/mol. The number of aliphatic hydroxyl groups excluding tert-OH is 1. The number of halogens is 1. The highest BCUT2D eigenvalue weighted by atomic mass is 35.5. The third-order valence-electron chi connectivity index (χ3n) is 6.16. The van der Waals surface area contributed by atoms with Crippen LogP contribution in [0.1, 0.15) is 37.4 Å². The van der Waals surface area contributed by atoms with Gasteiger partial charge in [-0.3, -0.25) is 9.59 Å². The lowest BCUT2D eigenvalue weighted by Gasteiger charge is -2.27. The number of ether oxygens (including phenoxy) is 2. The molecule has 8 heteroatoms. The molecule has 3 rings (SSSR count). The highest BCUT2D eigenvalue weighted by molar-refractivity contribution is 6.46. The van der Waals surface area contributed by atoms with Gasteiger partial charge in [-0.2, -0.15) is 0 Å². The van der Waals surface area contributed by atoms with E-state index in [1.54, 1.807) is 48.4 Å². The van der Waals surface area contributed by atoms with E-state index in [9.17, 15) is 14.7 Å². The molecule has 1 N–H and O–H groups in total. The normalized spacial score (nSPS) is 17.5. The van der Waals surface area contributed by atoms with E-state index in [2.05, 4.69) is 18.7 Å². The summed E-state index contributed by atoms with van der Waals surface area (Å²) in [5.41, 5.74) is 1.09. The molecule has 1 fully saturated rings. The van der Waals surface area contributed by atoms with E-state index in [-0.39, 0.29) is 11.3 Å². The average molecular weight is 487 g/mol. The monoisotopic (exact) mass is 486 g/mol. The Kier molecular flexibility index (Phi) is 8.58. The number of methoxy groups -OCH3 is 2. The number of likely N-dealkylation sites (tertiary alicyclic amines) is 1. The molecule has 0 spiro atoms. The molecule has 2 aromatic carbocycles. The number of amides is 1. The minimum Gasteiger partial charge on any atom is -0.507 e. The van der Waals surface area contributed by atoms with Crippen molar-refractivity contribution in [2.45, 2.75) is 26.3 Å². The number of aliphatic hydroxyl groups is 1. The Hall–Kier alpha value is -3.03. The molecule has 0 radical (unpaired) electrons. The number of nitrogens with zero attached hydrogens (tertiary/aromatic N) is 2. The third-order valence-corrected chi connectivity index (χ3v) is 6.46. The first-order valence-corrected chi connectivity index (χ1v) is 11.7. The van der Waals surface area contributed by atoms with E-state index in [1.165, 1.54) is 13.2 Å². The molecule has 0 aromatic heterocycles. The summed E-state index contributed by atoms with van der Waals surface area (Å²) in [5, 5.41) is 11.5. The number of rotatable bonds is 10. The van der Waals surface area contributed by atoms with Crippen LogP contribution >= 0.6 is 11.6 Å². The predicted octanol–water partition coefficient (Wildman–Crippen LogP) is 4.51. The summed E-state index contributed by atoms with van der Waals surface area (Å²) >= 11 is 6.25. The van der Waals surface area contributed by atoms with Gasteiger partial charge in [0.05, 0.1) is 30.9 Å². The molecule has 0 bridgehead atoms. The van der Waals surface area contributed by atoms with Crippen molar-refractivity contribution >= 4 is 29.1 Å². The second-order valence-corrected chi connectivity index (χ2v) is 8.40. The van der Waals surface area contributed by atoms with E-state index in [1.807, 2.05) is 0 Å². The maximum Gasteiger partial charge on any atom is 0.295 e. The fraction of sp³-hybridized carbons (Fsp3) is 0.385. The molecule has 182 valence electrons. The maximum absolute atomic E-state index is 13.2. The molecule has 7 nitrogen and oxygen atoms in total. The van der Waals surface area contributed by atoms with Crippen molar-refractivity contribution in [2.75, 3.05) is 40.4 Å². The maximum atomic E-state index is 13.2. The number of carbonyl (C=O) groups excluding carboxylic acids is 2. The van der Waals surface area contributed by atoms with Crippen LogP contribution in [-0.2, 0) is 9.59 Å². The second kappa shape index (κ2) is 11.4. The molecule has 1 aliphatic heterocycles. The quantitative estimate of drug-likeness (QED) is 0.302. The van der Waals surface area contributed by atoms with Gasteiger partial charge in [0.1, 0.15) is 17.3 Å². The van der Waals surface area contributed by atoms with Crippen LogP contribution in [0.4, 0.5) is 0 Å². The lowest BCUT2D eigenvalue weighted by molar-refractivity contribution is -0.140. The summed E-state index contributed by atoms with van der Waals surface area (Å²) in [7, 11) is 3.07. The van der Waals surface area contributed by atoms with Gasteiger partial charge in [-0.05, 0) is 62.0 Å². The molecule has 1 atom stereocenters. The summed E-state index contributed by atoms with van der Waals surface area (Å²) < 4.78 is 10.4. The number of hydrogen-bond donors (Lipinski definition) is 1. The molecule has 1 heterocycles. The van der Waals surface area contributed by atoms with Gasteiger partial charge in [0.15, 0.2) is 0 Å². The van der Waals surface area contributed by atoms with Gasteiger partial charge in [-0.1, -0.05) is 37.6 Å². The van der Waals surface area contributed by atoms with E-state index >= 15 is 0 Å². The Labute approximate surface area is 205 Å². The molecular formula is C26H31ClN2O5. The Morgan fingerprint density at radius 2 is 1.74 bits per heavy atom. The van der Waals surface area contributed by atoms with E-state index in [0.29, 0.717) is 40.6 Å². The largest absolute Gasteiger partial charge is 0.507 e. The minimum atomic E-state index is -0.719. The summed E-state index contributed by atoms with van der Waals surface area (Å²) in [6, 6.07) is 11.2. The average Bonchev–Trinajstić information content (AvgIpc) is 3.11. The van der Waals surface area contributed by atoms with Crippen molar-refractivity contribution in [1.29, 1.82) is 0 Å². The summed E-state index contributed by atoms with van der Waals surface area (Å²) in [5.74, 6) is -0.504. The fourth-order valence-corrected chi connectivity index (χ4v) is 4.47. The molecule has 2 aromatic rings. The lowest BCUT2D eigenvalue weighted by atomic mass is 9.95. The van der Waals surface area contributed by atoms with Crippen LogP contribution in [-0.4, -0.2) is 67.0 Å². The first kappa shape index (κ1) is 25.6. The van der Waals surface area contributed by atoms with Gasteiger partial charge >= 0.3 is 0 Å². The van der Waals surface area contributed by atoms with Gasteiger partial charge in [0.25, 0.3) is 11.7 Å². The van der Waals surface area contributed by atoms with Crippen LogP contribution < -0.4 is 9.47 Å². The van der Waals surface area contributed by atoms with Gasteiger partial charge < -0.3 is 24.4 Å². The van der Waals surface area contributed by atoms with Crippen LogP contribution in [0.15, 0.2) is 48.0 Å². The summed E-state index contributed by atoms with van der Waals surface area (Å²) in [6.07, 6.45) is 0.704. The Bertz CT molecular complexity index is 1060. The Morgan fingerprint density at radius 1 is 1.06 bits per heavy atom. The van der Waals surface area contributed by atoms with Crippen LogP contribution in [0.2, 0.25) is 5.02 Å². The van der Waals surface area contributed by atoms with E-state index in [0.717, 1.165) is 19.6 Å². The lowest BCUT2D eigenvalue weighted by Crippen LogP contribution is -2.33. The molecule has 1 amide bonds. The Morgan fingerprint density at radius 3 is 2.29 bits per heavy atom. The van der Waals surface area contributed by atoms with Gasteiger partial charge in [0, 0.05) is 12.1 Å². The van der Waals surface area contributed by atoms with Crippen LogP contribution in [0.3, 0.4) is 0 Å². The standard InChI is InChI=1S/C26H31ClN2O5/c1-5-28(6-2)14-7-15-29-23(17-8-11-19(33-3)12-9-17)22(25(31)26(29)32)24(30)18-10-13-21(34-4)20(27)16-18/h8-13,16,23,30H,5-7,14-15H2,1-4H3/b24-22+/t23-/m1/s1. The third kappa shape index (κ3) is 5.21. The van der Waals surface area contributed by atoms with E-state index < -0.39 is 17.7 Å². The van der Waals surface area contributed by atoms with Gasteiger partial charge in [-0.15, -0.1) is 0 Å². The number of benzene rings is 2. The SMILES string of the molecule is CCN(CC)CCCN1C(=O)C(=O)/C(=C(/O)c2ccc(OC)c(Cl)c2)[C@H]1c1ccc(OC)cc1. The molecule has 0 saturated carbocycles. The van der Waals surface area contributed by atoms with Gasteiger partial charge in [0.2, 0.25) is 0 Å². The number of carbonyl (C=O) groups is 2. The zero-order valence-electron chi connectivity index (χ0n) is 20.0. The topological polar surface area (TPSA) is 79.3 Å². The number of Topliss-reactive ketones (excluding diaryl/α,β-unsaturated/α-hetero) is 1. The van der Waals surface area contributed by atoms with Crippen molar-refractivity contribution in [3.05, 3.63) is 64.2 Å². The van der Waals surface area contributed by atoms with Crippen LogP contribution in [0.25, 0.3) is 5.76 Å². The minimum absolute atomic E-state index is 0.0410. The van der Waals surface area contributed by atoms with Gasteiger partial charge in [-0.25, -0.2) is 0 Å². The molecule has 1 saturated heterocycles. The second-order valence-electron chi connectivity index (χ2n) is 8.00. The molecule has 0 unspecified atom stereocenters. The van der Waals surface area contributed by atoms with Crippen LogP contribution in [0.5, 0.6) is 11.5 Å².